The molecule has 2 N–H and O–H groups in total. The molecular formula is C20H17FN2O3S. The molecule has 1 atom stereocenters. The number of hydrogen-bond acceptors (Lipinski definition) is 4. The van der Waals surface area contributed by atoms with Crippen LogP contribution in [0.5, 0.6) is 0 Å². The van der Waals surface area contributed by atoms with Crippen LogP contribution < -0.4 is 10.6 Å². The summed E-state index contributed by atoms with van der Waals surface area (Å²) in [6.45, 7) is 1.46. The van der Waals surface area contributed by atoms with E-state index in [0.717, 1.165) is 5.56 Å². The van der Waals surface area contributed by atoms with Crippen LogP contribution in [0, 0.1) is 5.82 Å². The molecule has 5 nitrogen and oxygen atoms in total. The number of nitrogens with one attached hydrogen (secondary N) is 2. The van der Waals surface area contributed by atoms with Crippen molar-refractivity contribution in [2.24, 2.45) is 0 Å². The zero-order valence-electron chi connectivity index (χ0n) is 14.7. The molecule has 0 spiro atoms. The van der Waals surface area contributed by atoms with Gasteiger partial charge in [0.05, 0.1) is 24.4 Å². The maximum absolute atomic E-state index is 13.3. The van der Waals surface area contributed by atoms with Crippen molar-refractivity contribution in [3.63, 3.8) is 0 Å². The minimum Gasteiger partial charge on any atom is -0.465 e. The Morgan fingerprint density at radius 2 is 1.70 bits per heavy atom. The third kappa shape index (κ3) is 3.88. The van der Waals surface area contributed by atoms with Gasteiger partial charge in [0.25, 0.3) is 0 Å². The lowest BCUT2D eigenvalue weighted by Crippen LogP contribution is -2.44. The number of halogens is 1. The predicted octanol–water partition coefficient (Wildman–Crippen LogP) is 3.13. The smallest absolute Gasteiger partial charge is 0.337 e. The van der Waals surface area contributed by atoms with Gasteiger partial charge >= 0.3 is 5.97 Å². The standard InChI is InChI=1S/C20H17FN2O3S/c1-11(24)16-17(12-3-5-14(6-4-12)19(25)26-2)22-20(27)23-18(16)13-7-9-15(21)10-8-13/h3-10,17H,1-2H3,(H2,22,23,27)/t17-/m1/s1. The van der Waals surface area contributed by atoms with E-state index >= 15 is 0 Å². The fourth-order valence-corrected chi connectivity index (χ4v) is 3.19. The first-order valence-corrected chi connectivity index (χ1v) is 8.58. The third-order valence-electron chi connectivity index (χ3n) is 4.25. The summed E-state index contributed by atoms with van der Waals surface area (Å²) in [6.07, 6.45) is 0. The fourth-order valence-electron chi connectivity index (χ4n) is 2.97. The minimum atomic E-state index is -0.497. The molecule has 1 aliphatic rings. The average molecular weight is 384 g/mol. The zero-order valence-corrected chi connectivity index (χ0v) is 15.5. The van der Waals surface area contributed by atoms with Crippen molar-refractivity contribution in [2.75, 3.05) is 7.11 Å². The summed E-state index contributed by atoms with van der Waals surface area (Å²) in [6, 6.07) is 12.1. The molecule has 1 aliphatic heterocycles. The summed E-state index contributed by atoms with van der Waals surface area (Å²) in [4.78, 5) is 24.1. The van der Waals surface area contributed by atoms with E-state index in [9.17, 15) is 14.0 Å². The quantitative estimate of drug-likeness (QED) is 0.624. The Kier molecular flexibility index (Phi) is 5.32. The van der Waals surface area contributed by atoms with Crippen LogP contribution in [0.1, 0.15) is 34.5 Å². The number of esters is 1. The molecule has 1 heterocycles. The van der Waals surface area contributed by atoms with Crippen molar-refractivity contribution >= 4 is 34.8 Å². The molecule has 0 saturated heterocycles. The molecule has 3 rings (SSSR count). The van der Waals surface area contributed by atoms with Gasteiger partial charge in [-0.05, 0) is 66.7 Å². The number of carbonyl (C=O) groups is 2. The first-order valence-electron chi connectivity index (χ1n) is 8.17. The van der Waals surface area contributed by atoms with Gasteiger partial charge in [-0.1, -0.05) is 12.1 Å². The number of rotatable bonds is 4. The lowest BCUT2D eigenvalue weighted by molar-refractivity contribution is -0.113. The van der Waals surface area contributed by atoms with Gasteiger partial charge in [0.2, 0.25) is 0 Å². The van der Waals surface area contributed by atoms with Gasteiger partial charge in [-0.15, -0.1) is 0 Å². The van der Waals surface area contributed by atoms with Gasteiger partial charge in [-0.25, -0.2) is 9.18 Å². The molecule has 0 unspecified atom stereocenters. The van der Waals surface area contributed by atoms with E-state index in [-0.39, 0.29) is 11.6 Å². The van der Waals surface area contributed by atoms with E-state index in [4.69, 9.17) is 17.0 Å². The molecule has 2 aromatic rings. The summed E-state index contributed by atoms with van der Waals surface area (Å²) in [7, 11) is 1.31. The number of methoxy groups -OCH3 is 1. The second-order valence-electron chi connectivity index (χ2n) is 6.00. The second-order valence-corrected chi connectivity index (χ2v) is 6.41. The first kappa shape index (κ1) is 18.7. The maximum Gasteiger partial charge on any atom is 0.337 e. The van der Waals surface area contributed by atoms with Crippen LogP contribution in [0.2, 0.25) is 0 Å². The Labute approximate surface area is 161 Å². The largest absolute Gasteiger partial charge is 0.465 e. The van der Waals surface area contributed by atoms with Gasteiger partial charge in [0.1, 0.15) is 5.82 Å². The lowest BCUT2D eigenvalue weighted by atomic mass is 9.90. The molecule has 0 aromatic heterocycles. The van der Waals surface area contributed by atoms with Crippen LogP contribution in [0.25, 0.3) is 5.70 Å². The minimum absolute atomic E-state index is 0.154. The molecule has 0 radical (unpaired) electrons. The van der Waals surface area contributed by atoms with Crippen molar-refractivity contribution in [2.45, 2.75) is 13.0 Å². The second kappa shape index (κ2) is 7.67. The molecule has 7 heteroatoms. The summed E-state index contributed by atoms with van der Waals surface area (Å²) in [5.41, 5.74) is 2.83. The van der Waals surface area contributed by atoms with Crippen LogP contribution in [0.3, 0.4) is 0 Å². The van der Waals surface area contributed by atoms with Gasteiger partial charge in [0.15, 0.2) is 10.9 Å². The molecule has 0 aliphatic carbocycles. The van der Waals surface area contributed by atoms with Gasteiger partial charge in [0, 0.05) is 5.57 Å². The Hall–Kier alpha value is -3.06. The van der Waals surface area contributed by atoms with Crippen LogP contribution in [0.4, 0.5) is 4.39 Å². The number of Topliss-reactive ketones (excluding diaryl/α,β-unsaturated/α-hetero) is 1. The van der Waals surface area contributed by atoms with Gasteiger partial charge < -0.3 is 15.4 Å². The molecule has 138 valence electrons. The molecular weight excluding hydrogens is 367 g/mol. The summed E-state index contributed by atoms with van der Waals surface area (Å²) in [5.74, 6) is -0.960. The Balaban J connectivity index is 2.08. The number of hydrogen-bond donors (Lipinski definition) is 2. The highest BCUT2D eigenvalue weighted by Gasteiger charge is 2.30. The van der Waals surface area contributed by atoms with Crippen LogP contribution >= 0.6 is 12.2 Å². The molecule has 0 saturated carbocycles. The van der Waals surface area contributed by atoms with E-state index < -0.39 is 12.0 Å². The van der Waals surface area contributed by atoms with Crippen LogP contribution in [-0.4, -0.2) is 24.0 Å². The molecule has 2 aromatic carbocycles. The van der Waals surface area contributed by atoms with E-state index in [2.05, 4.69) is 10.6 Å². The Morgan fingerprint density at radius 3 is 2.26 bits per heavy atom. The van der Waals surface area contributed by atoms with E-state index in [1.807, 2.05) is 0 Å². The summed E-state index contributed by atoms with van der Waals surface area (Å²) < 4.78 is 18.0. The number of ketones is 1. The first-order chi connectivity index (χ1) is 12.9. The number of ether oxygens (including phenoxy) is 1. The molecule has 0 amide bonds. The van der Waals surface area contributed by atoms with E-state index in [0.29, 0.717) is 27.5 Å². The van der Waals surface area contributed by atoms with E-state index in [1.54, 1.807) is 36.4 Å². The van der Waals surface area contributed by atoms with Crippen LogP contribution in [-0.2, 0) is 9.53 Å². The normalized spacial score (nSPS) is 16.4. The predicted molar refractivity (Wildman–Crippen MR) is 103 cm³/mol. The van der Waals surface area contributed by atoms with Crippen molar-refractivity contribution in [1.82, 2.24) is 10.6 Å². The highest BCUT2D eigenvalue weighted by atomic mass is 32.1. The monoisotopic (exact) mass is 384 g/mol. The third-order valence-corrected chi connectivity index (χ3v) is 4.47. The maximum atomic E-state index is 13.3. The molecule has 0 bridgehead atoms. The molecule has 27 heavy (non-hydrogen) atoms. The fraction of sp³-hybridized carbons (Fsp3) is 0.150. The average Bonchev–Trinajstić information content (AvgIpc) is 2.67. The van der Waals surface area contributed by atoms with Crippen molar-refractivity contribution in [1.29, 1.82) is 0 Å². The van der Waals surface area contributed by atoms with Crippen LogP contribution in [0.15, 0.2) is 54.1 Å². The number of thiocarbonyl (C=S) groups is 1. The highest BCUT2D eigenvalue weighted by Crippen LogP contribution is 2.32. The highest BCUT2D eigenvalue weighted by molar-refractivity contribution is 7.80. The van der Waals surface area contributed by atoms with Crippen molar-refractivity contribution in [3.8, 4) is 0 Å². The van der Waals surface area contributed by atoms with Gasteiger partial charge in [-0.3, -0.25) is 4.79 Å². The Bertz CT molecular complexity index is 937. The summed E-state index contributed by atoms with van der Waals surface area (Å²) >= 11 is 5.30. The summed E-state index contributed by atoms with van der Waals surface area (Å²) in [5, 5.41) is 6.44. The lowest BCUT2D eigenvalue weighted by Gasteiger charge is -2.31. The number of carbonyl (C=O) groups excluding carboxylic acids is 2. The molecule has 0 fully saturated rings. The zero-order chi connectivity index (χ0) is 19.6. The van der Waals surface area contributed by atoms with Crippen molar-refractivity contribution in [3.05, 3.63) is 76.6 Å². The van der Waals surface area contributed by atoms with E-state index in [1.165, 1.54) is 26.2 Å². The van der Waals surface area contributed by atoms with Crippen molar-refractivity contribution < 1.29 is 18.7 Å². The SMILES string of the molecule is COC(=O)c1ccc([C@H]2NC(=S)NC(c3ccc(F)cc3)=C2C(C)=O)cc1. The number of benzene rings is 2. The van der Waals surface area contributed by atoms with Gasteiger partial charge in [-0.2, -0.15) is 0 Å². The Morgan fingerprint density at radius 1 is 1.07 bits per heavy atom. The topological polar surface area (TPSA) is 67.4 Å².